The molecule has 2 heterocycles. The molecular weight excluding hydrogens is 564 g/mol. The number of ether oxygens (including phenoxy) is 2. The van der Waals surface area contributed by atoms with Crippen molar-refractivity contribution >= 4 is 21.9 Å². The Morgan fingerprint density at radius 1 is 0.348 bits per heavy atom. The first kappa shape index (κ1) is 26.4. The molecule has 8 aromatic rings. The van der Waals surface area contributed by atoms with Gasteiger partial charge in [0.15, 0.2) is 0 Å². The average Bonchev–Trinajstić information content (AvgIpc) is 3.41. The van der Waals surface area contributed by atoms with Crippen LogP contribution in [-0.4, -0.2) is 6.79 Å². The van der Waals surface area contributed by atoms with E-state index in [4.69, 9.17) is 13.9 Å². The lowest BCUT2D eigenvalue weighted by Gasteiger charge is -2.14. The molecule has 1 aromatic heterocycles. The van der Waals surface area contributed by atoms with E-state index in [1.807, 2.05) is 24.3 Å². The fraction of sp³-hybridized carbons (Fsp3) is 0.0233. The predicted octanol–water partition coefficient (Wildman–Crippen LogP) is 11.6. The first-order chi connectivity index (χ1) is 22.8. The van der Waals surface area contributed by atoms with Gasteiger partial charge in [0.05, 0.1) is 0 Å². The molecule has 0 saturated heterocycles. The van der Waals surface area contributed by atoms with Crippen molar-refractivity contribution in [2.24, 2.45) is 0 Å². The van der Waals surface area contributed by atoms with E-state index in [0.29, 0.717) is 0 Å². The molecule has 1 aliphatic heterocycles. The zero-order valence-electron chi connectivity index (χ0n) is 24.9. The minimum absolute atomic E-state index is 0.142. The van der Waals surface area contributed by atoms with Crippen molar-refractivity contribution in [3.05, 3.63) is 158 Å². The molecule has 7 aromatic carbocycles. The van der Waals surface area contributed by atoms with E-state index >= 15 is 0 Å². The second kappa shape index (κ2) is 10.8. The zero-order chi connectivity index (χ0) is 30.5. The second-order valence-corrected chi connectivity index (χ2v) is 11.6. The van der Waals surface area contributed by atoms with Crippen molar-refractivity contribution in [1.29, 1.82) is 0 Å². The van der Waals surface area contributed by atoms with Crippen molar-refractivity contribution in [2.45, 2.75) is 0 Å². The van der Waals surface area contributed by atoms with Crippen molar-refractivity contribution in [3.63, 3.8) is 0 Å². The summed E-state index contributed by atoms with van der Waals surface area (Å²) in [7, 11) is 0. The molecule has 0 atom stereocenters. The molecular formula is C43H28O3. The third-order valence-corrected chi connectivity index (χ3v) is 8.87. The third-order valence-electron chi connectivity index (χ3n) is 8.87. The molecule has 0 N–H and O–H groups in total. The predicted molar refractivity (Wildman–Crippen MR) is 187 cm³/mol. The van der Waals surface area contributed by atoms with Crippen LogP contribution in [0.25, 0.3) is 77.6 Å². The number of para-hydroxylation sites is 1. The zero-order valence-corrected chi connectivity index (χ0v) is 24.9. The minimum atomic E-state index is 0.142. The lowest BCUT2D eigenvalue weighted by atomic mass is 9.91. The van der Waals surface area contributed by atoms with Gasteiger partial charge < -0.3 is 13.9 Å². The number of hydrogen-bond donors (Lipinski definition) is 0. The molecule has 46 heavy (non-hydrogen) atoms. The number of rotatable bonds is 4. The second-order valence-electron chi connectivity index (χ2n) is 11.6. The summed E-state index contributed by atoms with van der Waals surface area (Å²) in [6.45, 7) is 0.142. The molecule has 0 spiro atoms. The van der Waals surface area contributed by atoms with Gasteiger partial charge in [0.2, 0.25) is 6.79 Å². The van der Waals surface area contributed by atoms with Crippen molar-refractivity contribution in [1.82, 2.24) is 0 Å². The van der Waals surface area contributed by atoms with E-state index in [9.17, 15) is 0 Å². The molecule has 9 rings (SSSR count). The summed E-state index contributed by atoms with van der Waals surface area (Å²) in [6, 6.07) is 55.2. The van der Waals surface area contributed by atoms with Gasteiger partial charge in [0, 0.05) is 21.9 Å². The summed E-state index contributed by atoms with van der Waals surface area (Å²) < 4.78 is 18.5. The highest BCUT2D eigenvalue weighted by atomic mass is 16.7. The van der Waals surface area contributed by atoms with E-state index < -0.39 is 0 Å². The van der Waals surface area contributed by atoms with Crippen molar-refractivity contribution < 1.29 is 13.9 Å². The molecule has 3 heteroatoms. The number of hydrogen-bond acceptors (Lipinski definition) is 3. The smallest absolute Gasteiger partial charge is 0.230 e. The van der Waals surface area contributed by atoms with Gasteiger partial charge in [0.25, 0.3) is 0 Å². The molecule has 3 nitrogen and oxygen atoms in total. The summed E-state index contributed by atoms with van der Waals surface area (Å²) >= 11 is 0. The van der Waals surface area contributed by atoms with E-state index in [-0.39, 0.29) is 6.79 Å². The molecule has 1 aliphatic rings. The third kappa shape index (κ3) is 4.53. The van der Waals surface area contributed by atoms with Crippen LogP contribution in [0, 0.1) is 0 Å². The van der Waals surface area contributed by atoms with Crippen molar-refractivity contribution in [3.8, 4) is 67.1 Å². The van der Waals surface area contributed by atoms with Crippen LogP contribution in [0.5, 0.6) is 11.5 Å². The topological polar surface area (TPSA) is 31.6 Å². The Kier molecular flexibility index (Phi) is 6.20. The normalized spacial score (nSPS) is 12.2. The van der Waals surface area contributed by atoms with Crippen LogP contribution in [0.3, 0.4) is 0 Å². The quantitative estimate of drug-likeness (QED) is 0.204. The SMILES string of the molecule is c1ccc(-c2cc(-c3ccccc3)cc(-c3ccc4c(c3)-c3ccc(-c5cccc6oc7ccccc7c56)cc3OCO4)c2)cc1. The fourth-order valence-corrected chi connectivity index (χ4v) is 6.64. The summed E-state index contributed by atoms with van der Waals surface area (Å²) in [4.78, 5) is 0. The number of fused-ring (bicyclic) bond motifs is 6. The van der Waals surface area contributed by atoms with Gasteiger partial charge in [-0.15, -0.1) is 0 Å². The Morgan fingerprint density at radius 2 is 0.978 bits per heavy atom. The van der Waals surface area contributed by atoms with Crippen LogP contribution in [0.1, 0.15) is 0 Å². The van der Waals surface area contributed by atoms with E-state index in [0.717, 1.165) is 66.8 Å². The van der Waals surface area contributed by atoms with Gasteiger partial charge >= 0.3 is 0 Å². The lowest BCUT2D eigenvalue weighted by molar-refractivity contribution is 0.125. The Balaban J connectivity index is 1.17. The maximum Gasteiger partial charge on any atom is 0.230 e. The number of furan rings is 1. The highest BCUT2D eigenvalue weighted by molar-refractivity contribution is 6.12. The molecule has 0 bridgehead atoms. The monoisotopic (exact) mass is 592 g/mol. The summed E-state index contributed by atoms with van der Waals surface area (Å²) in [6.07, 6.45) is 0. The lowest BCUT2D eigenvalue weighted by Crippen LogP contribution is -2.03. The molecule has 0 amide bonds. The standard InChI is InChI=1S/C43H28O3/c1-3-10-28(11-4-1)32-22-33(29-12-5-2-6-13-29)24-34(23-32)30-19-21-39-38(25-30)36-20-18-31(26-42(36)45-27-44-39)35-15-9-17-41-43(35)37-14-7-8-16-40(37)46-41/h1-26H,27H2. The van der Waals surface area contributed by atoms with Crippen LogP contribution in [0.2, 0.25) is 0 Å². The Morgan fingerprint density at radius 3 is 1.74 bits per heavy atom. The summed E-state index contributed by atoms with van der Waals surface area (Å²) in [5.74, 6) is 1.60. The maximum atomic E-state index is 6.23. The highest BCUT2D eigenvalue weighted by Crippen LogP contribution is 2.45. The Bertz CT molecular complexity index is 2330. The highest BCUT2D eigenvalue weighted by Gasteiger charge is 2.20. The van der Waals surface area contributed by atoms with E-state index in [1.54, 1.807) is 0 Å². The molecule has 0 radical (unpaired) electrons. The van der Waals surface area contributed by atoms with Crippen LogP contribution < -0.4 is 9.47 Å². The van der Waals surface area contributed by atoms with Crippen molar-refractivity contribution in [2.75, 3.05) is 6.79 Å². The molecule has 0 unspecified atom stereocenters. The van der Waals surface area contributed by atoms with Gasteiger partial charge in [-0.25, -0.2) is 0 Å². The molecule has 0 aliphatic carbocycles. The fourth-order valence-electron chi connectivity index (χ4n) is 6.64. The number of benzene rings is 7. The van der Waals surface area contributed by atoms with Gasteiger partial charge in [0.1, 0.15) is 22.7 Å². The molecule has 0 saturated carbocycles. The van der Waals surface area contributed by atoms with Crippen LogP contribution >= 0.6 is 0 Å². The summed E-state index contributed by atoms with van der Waals surface area (Å²) in [5, 5.41) is 2.22. The van der Waals surface area contributed by atoms with Gasteiger partial charge in [-0.2, -0.15) is 0 Å². The molecule has 0 fully saturated rings. The average molecular weight is 593 g/mol. The van der Waals surface area contributed by atoms with Crippen LogP contribution in [-0.2, 0) is 0 Å². The van der Waals surface area contributed by atoms with Gasteiger partial charge in [-0.05, 0) is 99.1 Å². The first-order valence-electron chi connectivity index (χ1n) is 15.5. The van der Waals surface area contributed by atoms with Gasteiger partial charge in [-0.3, -0.25) is 0 Å². The van der Waals surface area contributed by atoms with E-state index in [2.05, 4.69) is 133 Å². The van der Waals surface area contributed by atoms with Crippen LogP contribution in [0.15, 0.2) is 162 Å². The maximum absolute atomic E-state index is 6.23. The molecule has 218 valence electrons. The van der Waals surface area contributed by atoms with Crippen LogP contribution in [0.4, 0.5) is 0 Å². The Hall–Kier alpha value is -6.06. The Labute approximate surface area is 266 Å². The first-order valence-corrected chi connectivity index (χ1v) is 15.5. The largest absolute Gasteiger partial charge is 0.457 e. The summed E-state index contributed by atoms with van der Waals surface area (Å²) in [5.41, 5.74) is 12.9. The minimum Gasteiger partial charge on any atom is -0.457 e. The van der Waals surface area contributed by atoms with Gasteiger partial charge in [-0.1, -0.05) is 103 Å². The van der Waals surface area contributed by atoms with E-state index in [1.165, 1.54) is 22.3 Å².